The lowest BCUT2D eigenvalue weighted by Crippen LogP contribution is -2.35. The van der Waals surface area contributed by atoms with Gasteiger partial charge < -0.3 is 25.2 Å². The number of ether oxygens (including phenoxy) is 2. The third kappa shape index (κ3) is 8.55. The SMILES string of the molecule is COC(=O)C1CCC(NCc2ccc(-c3cccc(-c4cccc(Nc5nc(C(F)F)nc6cc(CN7CC[C@@H](O)C7)cnc56)c4C)c3Cl)nc2OC)CC1. The van der Waals surface area contributed by atoms with Gasteiger partial charge in [0.2, 0.25) is 5.88 Å². The molecular weight excluding hydrogens is 728 g/mol. The predicted molar refractivity (Wildman–Crippen MR) is 207 cm³/mol. The zero-order valence-electron chi connectivity index (χ0n) is 31.0. The average Bonchev–Trinajstić information content (AvgIpc) is 3.61. The van der Waals surface area contributed by atoms with E-state index < -0.39 is 12.2 Å². The van der Waals surface area contributed by atoms with Gasteiger partial charge in [-0.3, -0.25) is 14.7 Å². The van der Waals surface area contributed by atoms with Crippen molar-refractivity contribution in [3.05, 3.63) is 88.3 Å². The van der Waals surface area contributed by atoms with Crippen molar-refractivity contribution in [1.29, 1.82) is 0 Å². The second-order valence-corrected chi connectivity index (χ2v) is 14.6. The summed E-state index contributed by atoms with van der Waals surface area (Å²) in [6, 6.07) is 17.4. The first-order valence-electron chi connectivity index (χ1n) is 18.5. The van der Waals surface area contributed by atoms with Crippen LogP contribution < -0.4 is 15.4 Å². The largest absolute Gasteiger partial charge is 0.481 e. The molecule has 4 heterocycles. The van der Waals surface area contributed by atoms with Crippen LogP contribution in [-0.4, -0.2) is 75.4 Å². The van der Waals surface area contributed by atoms with Crippen molar-refractivity contribution in [2.75, 3.05) is 32.6 Å². The Kier molecular flexibility index (Phi) is 11.8. The highest BCUT2D eigenvalue weighted by atomic mass is 35.5. The van der Waals surface area contributed by atoms with Gasteiger partial charge in [0.15, 0.2) is 11.6 Å². The normalized spacial score (nSPS) is 18.9. The molecule has 3 N–H and O–H groups in total. The fraction of sp³-hybridized carbons (Fsp3) is 0.390. The van der Waals surface area contributed by atoms with E-state index in [1.807, 2.05) is 55.5 Å². The van der Waals surface area contributed by atoms with Crippen LogP contribution in [0.3, 0.4) is 0 Å². The maximum absolute atomic E-state index is 14.0. The van der Waals surface area contributed by atoms with E-state index in [9.17, 15) is 18.7 Å². The summed E-state index contributed by atoms with van der Waals surface area (Å²) in [5, 5.41) is 17.3. The number of anilines is 2. The zero-order valence-corrected chi connectivity index (χ0v) is 31.7. The maximum atomic E-state index is 14.0. The highest BCUT2D eigenvalue weighted by Gasteiger charge is 2.27. The Hall–Kier alpha value is -4.82. The molecule has 1 saturated heterocycles. The van der Waals surface area contributed by atoms with E-state index in [0.717, 1.165) is 65.6 Å². The number of pyridine rings is 2. The number of likely N-dealkylation sites (tertiary alicyclic amines) is 1. The summed E-state index contributed by atoms with van der Waals surface area (Å²) in [5.41, 5.74) is 6.84. The highest BCUT2D eigenvalue weighted by Crippen LogP contribution is 2.40. The van der Waals surface area contributed by atoms with Gasteiger partial charge in [0.25, 0.3) is 6.43 Å². The lowest BCUT2D eigenvalue weighted by Gasteiger charge is -2.27. The Bertz CT molecular complexity index is 2180. The van der Waals surface area contributed by atoms with Gasteiger partial charge in [-0.2, -0.15) is 0 Å². The number of nitrogens with zero attached hydrogens (tertiary/aromatic N) is 5. The molecule has 1 aliphatic carbocycles. The first kappa shape index (κ1) is 38.5. The van der Waals surface area contributed by atoms with Crippen LogP contribution in [0.15, 0.2) is 60.8 Å². The molecule has 2 fully saturated rings. The number of hydrogen-bond donors (Lipinski definition) is 3. The van der Waals surface area contributed by atoms with Crippen LogP contribution in [0.1, 0.15) is 61.0 Å². The number of aliphatic hydroxyl groups excluding tert-OH is 1. The van der Waals surface area contributed by atoms with Gasteiger partial charge in [-0.1, -0.05) is 48.0 Å². The van der Waals surface area contributed by atoms with Crippen molar-refractivity contribution in [3.63, 3.8) is 0 Å². The number of halogens is 3. The van der Waals surface area contributed by atoms with E-state index in [0.29, 0.717) is 59.4 Å². The molecule has 14 heteroatoms. The molecule has 5 aromatic rings. The number of carbonyl (C=O) groups is 1. The van der Waals surface area contributed by atoms with E-state index in [1.54, 1.807) is 19.4 Å². The van der Waals surface area contributed by atoms with Gasteiger partial charge in [0.1, 0.15) is 5.52 Å². The van der Waals surface area contributed by atoms with Crippen molar-refractivity contribution < 1.29 is 28.2 Å². The number of carbonyl (C=O) groups excluding carboxylic acids is 1. The molecular formula is C41H44ClF2N7O4. The average molecular weight is 772 g/mol. The number of nitrogens with one attached hydrogen (secondary N) is 2. The Labute approximate surface area is 323 Å². The first-order valence-corrected chi connectivity index (χ1v) is 18.9. The molecule has 0 amide bonds. The number of fused-ring (bicyclic) bond motifs is 1. The van der Waals surface area contributed by atoms with Crippen LogP contribution in [0.2, 0.25) is 5.02 Å². The molecule has 3 aromatic heterocycles. The number of hydrogen-bond acceptors (Lipinski definition) is 11. The molecule has 0 spiro atoms. The summed E-state index contributed by atoms with van der Waals surface area (Å²) in [6.07, 6.45) is 2.52. The predicted octanol–water partition coefficient (Wildman–Crippen LogP) is 7.79. The first-order chi connectivity index (χ1) is 26.6. The lowest BCUT2D eigenvalue weighted by molar-refractivity contribution is -0.146. The fourth-order valence-corrected chi connectivity index (χ4v) is 7.90. The van der Waals surface area contributed by atoms with Crippen molar-refractivity contribution in [2.24, 2.45) is 5.92 Å². The van der Waals surface area contributed by atoms with E-state index in [2.05, 4.69) is 30.5 Å². The summed E-state index contributed by atoms with van der Waals surface area (Å²) in [4.78, 5) is 31.8. The third-order valence-corrected chi connectivity index (χ3v) is 11.0. The molecule has 0 bridgehead atoms. The van der Waals surface area contributed by atoms with Crippen LogP contribution in [0, 0.1) is 12.8 Å². The van der Waals surface area contributed by atoms with Crippen molar-refractivity contribution >= 4 is 40.1 Å². The minimum atomic E-state index is -2.88. The minimum absolute atomic E-state index is 0.0322. The standard InChI is InChI=1S/C41H44ClF2N7O4/c1-23-29(6-5-9-32(23)47-38-36-34(48-39(50-38)37(43)44)18-24(19-46-36)21-51-17-16-28(52)22-51)30-7-4-8-31(35(30)42)33-15-12-26(40(49-33)54-2)20-45-27-13-10-25(11-14-27)41(53)55-3/h4-9,12,15,18-19,25,27-28,37,45,52H,10-11,13-14,16-17,20-22H2,1-3H3,(H,47,48,50)/t25?,27?,28-/m1/s1. The van der Waals surface area contributed by atoms with E-state index in [1.165, 1.54) is 7.11 Å². The van der Waals surface area contributed by atoms with Gasteiger partial charge in [0, 0.05) is 60.8 Å². The molecule has 7 rings (SSSR count). The zero-order chi connectivity index (χ0) is 38.6. The molecule has 1 saturated carbocycles. The van der Waals surface area contributed by atoms with Gasteiger partial charge >= 0.3 is 5.97 Å². The van der Waals surface area contributed by atoms with Crippen molar-refractivity contribution in [2.45, 2.75) is 70.7 Å². The van der Waals surface area contributed by atoms with E-state index in [-0.39, 0.29) is 29.9 Å². The number of methoxy groups -OCH3 is 2. The number of rotatable bonds is 12. The number of alkyl halides is 2. The van der Waals surface area contributed by atoms with Crippen LogP contribution in [0.25, 0.3) is 33.4 Å². The molecule has 288 valence electrons. The van der Waals surface area contributed by atoms with E-state index >= 15 is 0 Å². The topological polar surface area (TPSA) is 135 Å². The van der Waals surface area contributed by atoms with Crippen LogP contribution >= 0.6 is 11.6 Å². The van der Waals surface area contributed by atoms with Crippen LogP contribution in [-0.2, 0) is 22.6 Å². The number of aromatic nitrogens is 4. The Morgan fingerprint density at radius 3 is 2.49 bits per heavy atom. The Morgan fingerprint density at radius 1 is 1.00 bits per heavy atom. The fourth-order valence-electron chi connectivity index (χ4n) is 7.58. The molecule has 0 radical (unpaired) electrons. The lowest BCUT2D eigenvalue weighted by atomic mass is 9.86. The van der Waals surface area contributed by atoms with Gasteiger partial charge in [-0.25, -0.2) is 23.7 Å². The number of esters is 1. The van der Waals surface area contributed by atoms with Crippen molar-refractivity contribution in [1.82, 2.24) is 30.2 Å². The van der Waals surface area contributed by atoms with Crippen LogP contribution in [0.4, 0.5) is 20.3 Å². The Morgan fingerprint density at radius 2 is 1.76 bits per heavy atom. The summed E-state index contributed by atoms with van der Waals surface area (Å²) in [7, 11) is 3.03. The molecule has 0 unspecified atom stereocenters. The highest BCUT2D eigenvalue weighted by molar-refractivity contribution is 6.36. The molecule has 1 atom stereocenters. The molecule has 55 heavy (non-hydrogen) atoms. The van der Waals surface area contributed by atoms with Gasteiger partial charge in [-0.15, -0.1) is 0 Å². The quantitative estimate of drug-likeness (QED) is 0.107. The minimum Gasteiger partial charge on any atom is -0.481 e. The summed E-state index contributed by atoms with van der Waals surface area (Å²) in [6.45, 7) is 4.33. The Balaban J connectivity index is 1.12. The third-order valence-electron chi connectivity index (χ3n) is 10.6. The van der Waals surface area contributed by atoms with Crippen molar-refractivity contribution in [3.8, 4) is 28.3 Å². The number of aliphatic hydroxyl groups is 1. The number of benzene rings is 2. The summed E-state index contributed by atoms with van der Waals surface area (Å²) >= 11 is 7.14. The smallest absolute Gasteiger partial charge is 0.308 e. The van der Waals surface area contributed by atoms with Gasteiger partial charge in [-0.05, 0) is 73.9 Å². The monoisotopic (exact) mass is 771 g/mol. The summed E-state index contributed by atoms with van der Waals surface area (Å²) in [5.74, 6) is -0.0962. The second kappa shape index (κ2) is 16.9. The van der Waals surface area contributed by atoms with Crippen LogP contribution in [0.5, 0.6) is 5.88 Å². The van der Waals surface area contributed by atoms with Gasteiger partial charge in [0.05, 0.1) is 42.5 Å². The molecule has 11 nitrogen and oxygen atoms in total. The maximum Gasteiger partial charge on any atom is 0.308 e. The van der Waals surface area contributed by atoms with E-state index in [4.69, 9.17) is 26.1 Å². The second-order valence-electron chi connectivity index (χ2n) is 14.2. The number of β-amino-alcohol motifs (C(OH)–C–C–N with tert-alkyl or cyclic N) is 1. The molecule has 2 aliphatic rings. The summed E-state index contributed by atoms with van der Waals surface area (Å²) < 4.78 is 38.7. The molecule has 2 aromatic carbocycles. The molecule has 1 aliphatic heterocycles.